The highest BCUT2D eigenvalue weighted by Gasteiger charge is 2.28. The lowest BCUT2D eigenvalue weighted by atomic mass is 9.91. The van der Waals surface area contributed by atoms with Crippen molar-refractivity contribution in [3.8, 4) is 0 Å². The van der Waals surface area contributed by atoms with Gasteiger partial charge in [-0.2, -0.15) is 0 Å². The Kier molecular flexibility index (Phi) is 3.79. The van der Waals surface area contributed by atoms with E-state index in [1.807, 2.05) is 18.9 Å². The molecule has 1 aromatic rings. The molecule has 1 fully saturated rings. The molecule has 0 bridgehead atoms. The topological polar surface area (TPSA) is 55.2 Å². The summed E-state index contributed by atoms with van der Waals surface area (Å²) >= 11 is 0. The van der Waals surface area contributed by atoms with Gasteiger partial charge in [-0.25, -0.2) is 4.98 Å². The SMILES string of the molecule is CCC(=O)N1CCC(C(=O)c2cncn2C)CC1. The van der Waals surface area contributed by atoms with Gasteiger partial charge in [-0.15, -0.1) is 0 Å². The maximum Gasteiger partial charge on any atom is 0.222 e. The minimum Gasteiger partial charge on any atom is -0.343 e. The third kappa shape index (κ3) is 2.44. The summed E-state index contributed by atoms with van der Waals surface area (Å²) in [6.45, 7) is 3.26. The lowest BCUT2D eigenvalue weighted by Gasteiger charge is -2.31. The first-order valence-corrected chi connectivity index (χ1v) is 6.41. The molecule has 5 nitrogen and oxygen atoms in total. The Hall–Kier alpha value is -1.65. The molecule has 0 aliphatic carbocycles. The number of rotatable bonds is 3. The normalized spacial score (nSPS) is 16.9. The smallest absolute Gasteiger partial charge is 0.222 e. The van der Waals surface area contributed by atoms with Crippen LogP contribution in [0.3, 0.4) is 0 Å². The summed E-state index contributed by atoms with van der Waals surface area (Å²) in [6, 6.07) is 0. The van der Waals surface area contributed by atoms with Crippen molar-refractivity contribution in [2.45, 2.75) is 26.2 Å². The van der Waals surface area contributed by atoms with E-state index in [-0.39, 0.29) is 17.6 Å². The zero-order valence-corrected chi connectivity index (χ0v) is 10.9. The molecule has 2 rings (SSSR count). The van der Waals surface area contributed by atoms with Gasteiger partial charge in [-0.1, -0.05) is 6.92 Å². The van der Waals surface area contributed by atoms with Crippen LogP contribution in [0.1, 0.15) is 36.7 Å². The second kappa shape index (κ2) is 5.33. The number of aromatic nitrogens is 2. The first kappa shape index (κ1) is 12.8. The van der Waals surface area contributed by atoms with Crippen molar-refractivity contribution >= 4 is 11.7 Å². The lowest BCUT2D eigenvalue weighted by Crippen LogP contribution is -2.40. The Labute approximate surface area is 107 Å². The second-order valence-electron chi connectivity index (χ2n) is 4.76. The average Bonchev–Trinajstić information content (AvgIpc) is 2.83. The monoisotopic (exact) mass is 249 g/mol. The highest BCUT2D eigenvalue weighted by Crippen LogP contribution is 2.21. The van der Waals surface area contributed by atoms with Crippen LogP contribution in [0.15, 0.2) is 12.5 Å². The van der Waals surface area contributed by atoms with Crippen LogP contribution in [0.4, 0.5) is 0 Å². The number of carbonyl (C=O) groups is 2. The van der Waals surface area contributed by atoms with Crippen LogP contribution in [0.5, 0.6) is 0 Å². The fraction of sp³-hybridized carbons (Fsp3) is 0.615. The highest BCUT2D eigenvalue weighted by atomic mass is 16.2. The number of nitrogens with zero attached hydrogens (tertiary/aromatic N) is 3. The number of likely N-dealkylation sites (tertiary alicyclic amines) is 1. The number of ketones is 1. The van der Waals surface area contributed by atoms with Crippen LogP contribution >= 0.6 is 0 Å². The van der Waals surface area contributed by atoms with Gasteiger partial charge < -0.3 is 9.47 Å². The predicted octanol–water partition coefficient (Wildman–Crippen LogP) is 1.25. The van der Waals surface area contributed by atoms with Crippen LogP contribution in [0, 0.1) is 5.92 Å². The summed E-state index contributed by atoms with van der Waals surface area (Å²) in [4.78, 5) is 29.6. The number of hydrogen-bond donors (Lipinski definition) is 0. The zero-order valence-electron chi connectivity index (χ0n) is 10.9. The Morgan fingerprint density at radius 2 is 2.06 bits per heavy atom. The molecule has 0 saturated carbocycles. The van der Waals surface area contributed by atoms with Gasteiger partial charge in [0.1, 0.15) is 5.69 Å². The fourth-order valence-corrected chi connectivity index (χ4v) is 2.42. The molecule has 1 saturated heterocycles. The van der Waals surface area contributed by atoms with Gasteiger partial charge in [0.15, 0.2) is 5.78 Å². The number of aryl methyl sites for hydroxylation is 1. The van der Waals surface area contributed by atoms with Crippen LogP contribution in [-0.2, 0) is 11.8 Å². The number of imidazole rings is 1. The number of Topliss-reactive ketones (excluding diaryl/α,β-unsaturated/α-hetero) is 1. The van der Waals surface area contributed by atoms with Gasteiger partial charge in [0.2, 0.25) is 5.91 Å². The quantitative estimate of drug-likeness (QED) is 0.758. The van der Waals surface area contributed by atoms with Gasteiger partial charge in [0.05, 0.1) is 12.5 Å². The molecule has 0 N–H and O–H groups in total. The average molecular weight is 249 g/mol. The van der Waals surface area contributed by atoms with E-state index in [2.05, 4.69) is 4.98 Å². The summed E-state index contributed by atoms with van der Waals surface area (Å²) in [5.41, 5.74) is 0.662. The molecule has 1 aliphatic heterocycles. The van der Waals surface area contributed by atoms with E-state index in [1.165, 1.54) is 0 Å². The maximum absolute atomic E-state index is 12.3. The Morgan fingerprint density at radius 1 is 1.39 bits per heavy atom. The molecule has 1 aliphatic rings. The van der Waals surface area contributed by atoms with Gasteiger partial charge in [0.25, 0.3) is 0 Å². The predicted molar refractivity (Wildman–Crippen MR) is 67.1 cm³/mol. The van der Waals surface area contributed by atoms with Crippen LogP contribution in [-0.4, -0.2) is 39.2 Å². The minimum absolute atomic E-state index is 0.0290. The molecule has 5 heteroatoms. The number of carbonyl (C=O) groups excluding carboxylic acids is 2. The summed E-state index contributed by atoms with van der Waals surface area (Å²) in [7, 11) is 1.83. The van der Waals surface area contributed by atoms with Crippen LogP contribution < -0.4 is 0 Å². The Balaban J connectivity index is 1.96. The standard InChI is InChI=1S/C13H19N3O2/c1-3-12(17)16-6-4-10(5-7-16)13(18)11-8-14-9-15(11)2/h8-10H,3-7H2,1-2H3. The van der Waals surface area contributed by atoms with E-state index in [0.717, 1.165) is 12.8 Å². The van der Waals surface area contributed by atoms with Crippen LogP contribution in [0.25, 0.3) is 0 Å². The molecule has 0 atom stereocenters. The highest BCUT2D eigenvalue weighted by molar-refractivity contribution is 5.96. The van der Waals surface area contributed by atoms with E-state index in [9.17, 15) is 9.59 Å². The third-order valence-electron chi connectivity index (χ3n) is 3.59. The molecule has 1 aromatic heterocycles. The summed E-state index contributed by atoms with van der Waals surface area (Å²) in [6.07, 6.45) is 5.32. The zero-order chi connectivity index (χ0) is 13.1. The lowest BCUT2D eigenvalue weighted by molar-refractivity contribution is -0.132. The second-order valence-corrected chi connectivity index (χ2v) is 4.76. The van der Waals surface area contributed by atoms with Gasteiger partial charge in [0, 0.05) is 32.5 Å². The molecule has 0 spiro atoms. The minimum atomic E-state index is 0.0290. The van der Waals surface area contributed by atoms with Crippen molar-refractivity contribution in [2.75, 3.05) is 13.1 Å². The number of amides is 1. The summed E-state index contributed by atoms with van der Waals surface area (Å²) < 4.78 is 1.76. The largest absolute Gasteiger partial charge is 0.343 e. The third-order valence-corrected chi connectivity index (χ3v) is 3.59. The Bertz CT molecular complexity index is 445. The van der Waals surface area contributed by atoms with Crippen molar-refractivity contribution in [1.82, 2.24) is 14.5 Å². The summed E-state index contributed by atoms with van der Waals surface area (Å²) in [5.74, 6) is 0.362. The summed E-state index contributed by atoms with van der Waals surface area (Å²) in [5, 5.41) is 0. The molecule has 0 radical (unpaired) electrons. The fourth-order valence-electron chi connectivity index (χ4n) is 2.42. The van der Waals surface area contributed by atoms with Crippen molar-refractivity contribution in [1.29, 1.82) is 0 Å². The molecule has 0 unspecified atom stereocenters. The van der Waals surface area contributed by atoms with Gasteiger partial charge >= 0.3 is 0 Å². The van der Waals surface area contributed by atoms with E-state index >= 15 is 0 Å². The van der Waals surface area contributed by atoms with Crippen molar-refractivity contribution in [3.63, 3.8) is 0 Å². The molecule has 0 aromatic carbocycles. The maximum atomic E-state index is 12.3. The van der Waals surface area contributed by atoms with Crippen LogP contribution in [0.2, 0.25) is 0 Å². The van der Waals surface area contributed by atoms with Gasteiger partial charge in [-0.05, 0) is 12.8 Å². The van der Waals surface area contributed by atoms with Gasteiger partial charge in [-0.3, -0.25) is 9.59 Å². The first-order valence-electron chi connectivity index (χ1n) is 6.41. The molecular formula is C13H19N3O2. The van der Waals surface area contributed by atoms with Crippen molar-refractivity contribution in [2.24, 2.45) is 13.0 Å². The van der Waals surface area contributed by atoms with E-state index in [1.54, 1.807) is 17.1 Å². The Morgan fingerprint density at radius 3 is 2.56 bits per heavy atom. The molecule has 98 valence electrons. The molecule has 18 heavy (non-hydrogen) atoms. The first-order chi connectivity index (χ1) is 8.63. The molecule has 1 amide bonds. The molecular weight excluding hydrogens is 230 g/mol. The number of hydrogen-bond acceptors (Lipinski definition) is 3. The van der Waals surface area contributed by atoms with Crippen molar-refractivity contribution < 1.29 is 9.59 Å². The number of piperidine rings is 1. The van der Waals surface area contributed by atoms with Crippen molar-refractivity contribution in [3.05, 3.63) is 18.2 Å². The van der Waals surface area contributed by atoms with E-state index in [0.29, 0.717) is 25.2 Å². The van der Waals surface area contributed by atoms with E-state index in [4.69, 9.17) is 0 Å². The molecule has 2 heterocycles. The van der Waals surface area contributed by atoms with E-state index < -0.39 is 0 Å².